The molecule has 1 unspecified atom stereocenters. The Bertz CT molecular complexity index is 290. The maximum absolute atomic E-state index is 12.8. The molecule has 0 spiro atoms. The lowest BCUT2D eigenvalue weighted by Crippen LogP contribution is -2.46. The van der Waals surface area contributed by atoms with Crippen LogP contribution < -0.4 is 5.73 Å². The Labute approximate surface area is 105 Å². The third kappa shape index (κ3) is 4.04. The minimum atomic E-state index is -4.48. The van der Waals surface area contributed by atoms with Gasteiger partial charge in [0.1, 0.15) is 5.92 Å². The zero-order valence-corrected chi connectivity index (χ0v) is 10.5. The fraction of sp³-hybridized carbons (Fsp3) is 0.909. The Kier molecular flexibility index (Phi) is 5.25. The molecule has 1 aliphatic rings. The van der Waals surface area contributed by atoms with Crippen LogP contribution in [0.3, 0.4) is 0 Å². The van der Waals surface area contributed by atoms with Crippen molar-refractivity contribution < 1.29 is 18.4 Å². The van der Waals surface area contributed by atoms with E-state index in [4.69, 9.17) is 10.9 Å². The summed E-state index contributed by atoms with van der Waals surface area (Å²) in [5.41, 5.74) is 5.14. The van der Waals surface area contributed by atoms with E-state index in [0.717, 1.165) is 19.3 Å². The topological polar surface area (TPSA) is 61.8 Å². The number of hydrogen-bond acceptors (Lipinski definition) is 3. The van der Waals surface area contributed by atoms with E-state index in [-0.39, 0.29) is 6.54 Å². The van der Waals surface area contributed by atoms with Gasteiger partial charge in [0.25, 0.3) is 0 Å². The smallest absolute Gasteiger partial charge is 0.400 e. The molecule has 0 heterocycles. The minimum Gasteiger partial charge on any atom is -0.409 e. The average molecular weight is 267 g/mol. The predicted molar refractivity (Wildman–Crippen MR) is 62.4 cm³/mol. The van der Waals surface area contributed by atoms with E-state index in [0.29, 0.717) is 19.0 Å². The highest BCUT2D eigenvalue weighted by Crippen LogP contribution is 2.30. The van der Waals surface area contributed by atoms with Crippen molar-refractivity contribution in [2.75, 3.05) is 19.6 Å². The molecule has 7 heteroatoms. The molecule has 1 rings (SSSR count). The fourth-order valence-electron chi connectivity index (χ4n) is 2.07. The number of halogens is 3. The summed E-state index contributed by atoms with van der Waals surface area (Å²) < 4.78 is 38.4. The van der Waals surface area contributed by atoms with Gasteiger partial charge >= 0.3 is 6.18 Å². The van der Waals surface area contributed by atoms with Gasteiger partial charge in [-0.2, -0.15) is 13.2 Å². The summed E-state index contributed by atoms with van der Waals surface area (Å²) in [6.07, 6.45) is -1.16. The van der Waals surface area contributed by atoms with Crippen LogP contribution in [0.1, 0.15) is 26.2 Å². The summed E-state index contributed by atoms with van der Waals surface area (Å²) in [6, 6.07) is 0. The van der Waals surface area contributed by atoms with Gasteiger partial charge in [-0.1, -0.05) is 18.5 Å². The molecule has 4 nitrogen and oxygen atoms in total. The first-order chi connectivity index (χ1) is 8.38. The van der Waals surface area contributed by atoms with Crippen molar-refractivity contribution in [3.63, 3.8) is 0 Å². The molecule has 0 aromatic heterocycles. The van der Waals surface area contributed by atoms with E-state index in [2.05, 4.69) is 5.16 Å². The van der Waals surface area contributed by atoms with Crippen LogP contribution in [0.5, 0.6) is 0 Å². The number of alkyl halides is 3. The molecule has 1 fully saturated rings. The van der Waals surface area contributed by atoms with E-state index in [9.17, 15) is 13.2 Å². The number of hydrogen-bond donors (Lipinski definition) is 2. The highest BCUT2D eigenvalue weighted by Gasteiger charge is 2.43. The third-order valence-corrected chi connectivity index (χ3v) is 3.50. The normalized spacial score (nSPS) is 19.9. The fourth-order valence-corrected chi connectivity index (χ4v) is 2.07. The maximum Gasteiger partial charge on any atom is 0.400 e. The third-order valence-electron chi connectivity index (χ3n) is 3.50. The van der Waals surface area contributed by atoms with Gasteiger partial charge in [0.05, 0.1) is 0 Å². The highest BCUT2D eigenvalue weighted by atomic mass is 19.4. The highest BCUT2D eigenvalue weighted by molar-refractivity contribution is 5.83. The van der Waals surface area contributed by atoms with Crippen LogP contribution in [0.4, 0.5) is 13.2 Å². The van der Waals surface area contributed by atoms with Crippen molar-refractivity contribution in [2.45, 2.75) is 32.4 Å². The van der Waals surface area contributed by atoms with E-state index >= 15 is 0 Å². The van der Waals surface area contributed by atoms with Crippen LogP contribution in [-0.2, 0) is 0 Å². The summed E-state index contributed by atoms with van der Waals surface area (Å²) in [6.45, 7) is 2.76. The minimum absolute atomic E-state index is 0.244. The molecule has 1 saturated carbocycles. The van der Waals surface area contributed by atoms with E-state index in [1.54, 1.807) is 4.90 Å². The Balaban J connectivity index is 2.61. The summed E-state index contributed by atoms with van der Waals surface area (Å²) in [5.74, 6) is -2.18. The molecule has 3 N–H and O–H groups in total. The predicted octanol–water partition coefficient (Wildman–Crippen LogP) is 2.03. The van der Waals surface area contributed by atoms with Gasteiger partial charge in [-0.25, -0.2) is 0 Å². The molecular weight excluding hydrogens is 247 g/mol. The molecule has 0 radical (unpaired) electrons. The van der Waals surface area contributed by atoms with E-state index < -0.39 is 17.9 Å². The second-order valence-corrected chi connectivity index (χ2v) is 4.77. The molecule has 106 valence electrons. The van der Waals surface area contributed by atoms with Crippen LogP contribution in [0.15, 0.2) is 5.16 Å². The van der Waals surface area contributed by atoms with Crippen molar-refractivity contribution in [3.05, 3.63) is 0 Å². The van der Waals surface area contributed by atoms with Crippen LogP contribution in [0, 0.1) is 11.8 Å². The summed E-state index contributed by atoms with van der Waals surface area (Å²) in [4.78, 5) is 1.72. The summed E-state index contributed by atoms with van der Waals surface area (Å²) >= 11 is 0. The second-order valence-electron chi connectivity index (χ2n) is 4.77. The summed E-state index contributed by atoms with van der Waals surface area (Å²) in [5, 5.41) is 10.9. The van der Waals surface area contributed by atoms with Crippen molar-refractivity contribution in [3.8, 4) is 0 Å². The Morgan fingerprint density at radius 2 is 2.11 bits per heavy atom. The van der Waals surface area contributed by atoms with Gasteiger partial charge in [0.15, 0.2) is 5.84 Å². The molecule has 18 heavy (non-hydrogen) atoms. The SMILES string of the molecule is CCN(CC1CCC1)CC(C(N)=NO)C(F)(F)F. The van der Waals surface area contributed by atoms with Crippen molar-refractivity contribution in [1.82, 2.24) is 4.90 Å². The lowest BCUT2D eigenvalue weighted by molar-refractivity contribution is -0.160. The average Bonchev–Trinajstić information content (AvgIpc) is 2.24. The van der Waals surface area contributed by atoms with Gasteiger partial charge in [-0.05, 0) is 25.3 Å². The zero-order valence-electron chi connectivity index (χ0n) is 10.5. The van der Waals surface area contributed by atoms with E-state index in [1.807, 2.05) is 6.92 Å². The molecule has 0 saturated heterocycles. The lowest BCUT2D eigenvalue weighted by Gasteiger charge is -2.33. The molecule has 0 aromatic carbocycles. The first-order valence-electron chi connectivity index (χ1n) is 6.15. The first-order valence-corrected chi connectivity index (χ1v) is 6.15. The van der Waals surface area contributed by atoms with Crippen LogP contribution in [-0.4, -0.2) is 41.8 Å². The molecule has 0 bridgehead atoms. The zero-order chi connectivity index (χ0) is 13.8. The van der Waals surface area contributed by atoms with Crippen molar-refractivity contribution >= 4 is 5.84 Å². The second kappa shape index (κ2) is 6.26. The van der Waals surface area contributed by atoms with Gasteiger partial charge in [0, 0.05) is 13.1 Å². The van der Waals surface area contributed by atoms with E-state index in [1.165, 1.54) is 0 Å². The number of nitrogens with zero attached hydrogens (tertiary/aromatic N) is 2. The lowest BCUT2D eigenvalue weighted by atomic mass is 9.85. The number of oxime groups is 1. The molecule has 0 amide bonds. The van der Waals surface area contributed by atoms with Gasteiger partial charge in [-0.15, -0.1) is 0 Å². The van der Waals surface area contributed by atoms with Gasteiger partial charge < -0.3 is 15.8 Å². The molecule has 1 aliphatic carbocycles. The number of nitrogens with two attached hydrogens (primary N) is 1. The number of rotatable bonds is 6. The quantitative estimate of drug-likeness (QED) is 0.335. The maximum atomic E-state index is 12.8. The van der Waals surface area contributed by atoms with Gasteiger partial charge in [0.2, 0.25) is 0 Å². The Morgan fingerprint density at radius 1 is 1.50 bits per heavy atom. The van der Waals surface area contributed by atoms with Crippen molar-refractivity contribution in [1.29, 1.82) is 0 Å². The molecule has 1 atom stereocenters. The van der Waals surface area contributed by atoms with Crippen molar-refractivity contribution in [2.24, 2.45) is 22.7 Å². The Morgan fingerprint density at radius 3 is 2.44 bits per heavy atom. The first kappa shape index (κ1) is 15.1. The number of amidine groups is 1. The summed E-state index contributed by atoms with van der Waals surface area (Å²) in [7, 11) is 0. The van der Waals surface area contributed by atoms with Crippen LogP contribution in [0.2, 0.25) is 0 Å². The standard InChI is InChI=1S/C11H20F3N3O/c1-2-17(6-8-4-3-5-8)7-9(10(15)16-18)11(12,13)14/h8-9,18H,2-7H2,1H3,(H2,15,16). The molecular formula is C11H20F3N3O. The largest absolute Gasteiger partial charge is 0.409 e. The monoisotopic (exact) mass is 267 g/mol. The van der Waals surface area contributed by atoms with Crippen LogP contribution in [0.25, 0.3) is 0 Å². The molecule has 0 aromatic rings. The Hall–Kier alpha value is -0.980. The van der Waals surface area contributed by atoms with Gasteiger partial charge in [-0.3, -0.25) is 0 Å². The van der Waals surface area contributed by atoms with Crippen LogP contribution >= 0.6 is 0 Å². The molecule has 0 aliphatic heterocycles.